The first-order chi connectivity index (χ1) is 18.1. The summed E-state index contributed by atoms with van der Waals surface area (Å²) in [5, 5.41) is 0. The van der Waals surface area contributed by atoms with Crippen molar-refractivity contribution in [3.63, 3.8) is 0 Å². The molecule has 2 heteroatoms. The van der Waals surface area contributed by atoms with Crippen LogP contribution in [0.25, 0.3) is 5.57 Å². The Kier molecular flexibility index (Phi) is 11.1. The van der Waals surface area contributed by atoms with Gasteiger partial charge in [-0.3, -0.25) is 0 Å². The van der Waals surface area contributed by atoms with E-state index in [0.29, 0.717) is 23.5 Å². The van der Waals surface area contributed by atoms with Crippen LogP contribution in [-0.4, -0.2) is 0 Å². The summed E-state index contributed by atoms with van der Waals surface area (Å²) in [7, 11) is 0. The third-order valence-corrected chi connectivity index (χ3v) is 9.68. The van der Waals surface area contributed by atoms with Crippen molar-refractivity contribution in [2.45, 2.75) is 117 Å². The summed E-state index contributed by atoms with van der Waals surface area (Å²) in [6, 6.07) is 3.64. The molecule has 0 heterocycles. The molecule has 37 heavy (non-hydrogen) atoms. The number of unbranched alkanes of at least 4 members (excludes halogenated alkanes) is 3. The molecular weight excluding hydrogens is 458 g/mol. The molecule has 0 amide bonds. The molecule has 1 aromatic carbocycles. The molecule has 0 bridgehead atoms. The van der Waals surface area contributed by atoms with Gasteiger partial charge in [0.2, 0.25) is 0 Å². The number of benzene rings is 1. The van der Waals surface area contributed by atoms with Crippen molar-refractivity contribution in [1.29, 1.82) is 0 Å². The molecule has 3 aliphatic carbocycles. The van der Waals surface area contributed by atoms with E-state index in [0.717, 1.165) is 74.2 Å². The molecule has 0 spiro atoms. The van der Waals surface area contributed by atoms with Gasteiger partial charge in [-0.05, 0) is 131 Å². The van der Waals surface area contributed by atoms with Crippen molar-refractivity contribution < 1.29 is 8.78 Å². The first-order valence-corrected chi connectivity index (χ1v) is 15.6. The van der Waals surface area contributed by atoms with E-state index < -0.39 is 11.6 Å². The van der Waals surface area contributed by atoms with Gasteiger partial charge in [0, 0.05) is 5.56 Å². The lowest BCUT2D eigenvalue weighted by Crippen LogP contribution is -2.25. The molecule has 0 aromatic heterocycles. The van der Waals surface area contributed by atoms with Crippen molar-refractivity contribution >= 4 is 5.57 Å². The van der Waals surface area contributed by atoms with E-state index in [4.69, 9.17) is 0 Å². The molecule has 4 rings (SSSR count). The lowest BCUT2D eigenvalue weighted by atomic mass is 9.69. The predicted octanol–water partition coefficient (Wildman–Crippen LogP) is 11.0. The molecule has 2 fully saturated rings. The Morgan fingerprint density at radius 2 is 1.38 bits per heavy atom. The van der Waals surface area contributed by atoms with Crippen LogP contribution in [0.4, 0.5) is 8.78 Å². The average molecular weight is 509 g/mol. The van der Waals surface area contributed by atoms with Crippen LogP contribution in [0.2, 0.25) is 0 Å². The quantitative estimate of drug-likeness (QED) is 0.218. The zero-order valence-electron chi connectivity index (χ0n) is 23.5. The molecule has 0 radical (unpaired) electrons. The number of aryl methyl sites for hydroxylation is 1. The van der Waals surface area contributed by atoms with Crippen LogP contribution in [0.15, 0.2) is 42.5 Å². The van der Waals surface area contributed by atoms with Crippen LogP contribution < -0.4 is 0 Å². The number of allylic oxidation sites excluding steroid dienone is 6. The molecule has 3 aliphatic rings. The summed E-state index contributed by atoms with van der Waals surface area (Å²) < 4.78 is 29.6. The second-order valence-corrected chi connectivity index (χ2v) is 12.2. The first-order valence-electron chi connectivity index (χ1n) is 15.6. The maximum atomic E-state index is 14.9. The fourth-order valence-electron chi connectivity index (χ4n) is 7.25. The van der Waals surface area contributed by atoms with Gasteiger partial charge >= 0.3 is 0 Å². The maximum absolute atomic E-state index is 14.9. The average Bonchev–Trinajstić information content (AvgIpc) is 2.93. The highest BCUT2D eigenvalue weighted by Gasteiger charge is 2.30. The summed E-state index contributed by atoms with van der Waals surface area (Å²) >= 11 is 0. The Labute approximate surface area is 225 Å². The monoisotopic (exact) mass is 508 g/mol. The maximum Gasteiger partial charge on any atom is 0.166 e. The number of hydrogen-bond acceptors (Lipinski definition) is 0. The highest BCUT2D eigenvalue weighted by molar-refractivity contribution is 5.67. The van der Waals surface area contributed by atoms with E-state index in [1.165, 1.54) is 51.4 Å². The summed E-state index contributed by atoms with van der Waals surface area (Å²) in [6.07, 6.45) is 30.7. The van der Waals surface area contributed by atoms with Gasteiger partial charge in [-0.25, -0.2) is 8.78 Å². The van der Waals surface area contributed by atoms with Crippen LogP contribution in [0.1, 0.15) is 121 Å². The van der Waals surface area contributed by atoms with Crippen molar-refractivity contribution in [3.05, 3.63) is 65.3 Å². The van der Waals surface area contributed by atoms with Gasteiger partial charge in [0.1, 0.15) is 0 Å². The Bertz CT molecular complexity index is 923. The number of hydrogen-bond donors (Lipinski definition) is 0. The van der Waals surface area contributed by atoms with Gasteiger partial charge in [-0.2, -0.15) is 0 Å². The van der Waals surface area contributed by atoms with Crippen LogP contribution in [0.3, 0.4) is 0 Å². The van der Waals surface area contributed by atoms with Gasteiger partial charge in [0.15, 0.2) is 11.6 Å². The summed E-state index contributed by atoms with van der Waals surface area (Å²) in [6.45, 7) is 4.31. The van der Waals surface area contributed by atoms with Crippen LogP contribution in [0.5, 0.6) is 0 Å². The smallest absolute Gasteiger partial charge is 0.166 e. The minimum Gasteiger partial charge on any atom is -0.203 e. The minimum atomic E-state index is -0.639. The molecular formula is C35H50F2. The van der Waals surface area contributed by atoms with Crippen molar-refractivity contribution in [2.75, 3.05) is 0 Å². The fraction of sp³-hybridized carbons (Fsp3) is 0.657. The van der Waals surface area contributed by atoms with Gasteiger partial charge in [0.05, 0.1) is 0 Å². The van der Waals surface area contributed by atoms with E-state index in [1.807, 2.05) is 12.1 Å². The number of rotatable bonds is 10. The van der Waals surface area contributed by atoms with Crippen molar-refractivity contribution in [3.8, 4) is 0 Å². The molecule has 1 atom stereocenters. The second kappa shape index (κ2) is 14.5. The Hall–Kier alpha value is -1.70. The van der Waals surface area contributed by atoms with E-state index in [2.05, 4.69) is 44.2 Å². The lowest BCUT2D eigenvalue weighted by molar-refractivity contribution is 0.166. The SMILES string of the molecule is CC=CC1CCC(C2CCC(C=CC3CC=C(c4ccc(CCCCCC)c(F)c4F)CC3)CC2)CC1. The normalized spacial score (nSPS) is 29.2. The largest absolute Gasteiger partial charge is 0.203 e. The molecule has 0 nitrogen and oxygen atoms in total. The fourth-order valence-corrected chi connectivity index (χ4v) is 7.25. The molecule has 204 valence electrons. The highest BCUT2D eigenvalue weighted by atomic mass is 19.2. The van der Waals surface area contributed by atoms with Gasteiger partial charge in [0.25, 0.3) is 0 Å². The van der Waals surface area contributed by atoms with E-state index in [-0.39, 0.29) is 0 Å². The van der Waals surface area contributed by atoms with E-state index >= 15 is 0 Å². The zero-order valence-corrected chi connectivity index (χ0v) is 23.5. The lowest BCUT2D eigenvalue weighted by Gasteiger charge is -2.37. The van der Waals surface area contributed by atoms with Gasteiger partial charge in [-0.15, -0.1) is 0 Å². The van der Waals surface area contributed by atoms with Crippen LogP contribution in [0, 0.1) is 41.2 Å². The third-order valence-electron chi connectivity index (χ3n) is 9.68. The van der Waals surface area contributed by atoms with Gasteiger partial charge in [-0.1, -0.05) is 68.7 Å². The van der Waals surface area contributed by atoms with Crippen molar-refractivity contribution in [1.82, 2.24) is 0 Å². The van der Waals surface area contributed by atoms with Crippen molar-refractivity contribution in [2.24, 2.45) is 29.6 Å². The summed E-state index contributed by atoms with van der Waals surface area (Å²) in [5.74, 6) is 2.76. The molecule has 0 saturated heterocycles. The van der Waals surface area contributed by atoms with E-state index in [9.17, 15) is 8.78 Å². The zero-order chi connectivity index (χ0) is 26.0. The second-order valence-electron chi connectivity index (χ2n) is 12.2. The van der Waals surface area contributed by atoms with Crippen LogP contribution in [-0.2, 0) is 6.42 Å². The summed E-state index contributed by atoms with van der Waals surface area (Å²) in [5.41, 5.74) is 2.00. The molecule has 1 aromatic rings. The van der Waals surface area contributed by atoms with Crippen LogP contribution >= 0.6 is 0 Å². The topological polar surface area (TPSA) is 0 Å². The third kappa shape index (κ3) is 7.90. The van der Waals surface area contributed by atoms with Gasteiger partial charge < -0.3 is 0 Å². The molecule has 1 unspecified atom stereocenters. The van der Waals surface area contributed by atoms with E-state index in [1.54, 1.807) is 0 Å². The molecule has 2 saturated carbocycles. The minimum absolute atomic E-state index is 0.482. The molecule has 0 aliphatic heterocycles. The standard InChI is InChI=1S/C35H50F2/c1-3-5-6-7-9-32-24-25-33(35(37)34(32)36)31-22-16-28(17-23-31)11-10-27-14-20-30(21-15-27)29-18-12-26(8-4-2)13-19-29/h4,8,10-11,22,24-30H,3,5-7,9,12-21,23H2,1-2H3. The Morgan fingerprint density at radius 3 is 1.97 bits per heavy atom. The number of halogens is 2. The summed E-state index contributed by atoms with van der Waals surface area (Å²) in [4.78, 5) is 0. The Morgan fingerprint density at radius 1 is 0.730 bits per heavy atom. The highest BCUT2D eigenvalue weighted by Crippen LogP contribution is 2.42. The first kappa shape index (κ1) is 28.3. The molecule has 0 N–H and O–H groups in total. The predicted molar refractivity (Wildman–Crippen MR) is 154 cm³/mol. The Balaban J connectivity index is 1.22.